The smallest absolute Gasteiger partial charge is 0.305 e. The first-order valence-corrected chi connectivity index (χ1v) is 14.1. The monoisotopic (exact) mass is 577 g/mol. The number of aromatic nitrogens is 1. The third kappa shape index (κ3) is 8.12. The average Bonchev–Trinajstić information content (AvgIpc) is 2.96. The zero-order valence-electron chi connectivity index (χ0n) is 22.4. The van der Waals surface area contributed by atoms with Crippen molar-refractivity contribution in [2.24, 2.45) is 0 Å². The number of benzene rings is 2. The number of H-pyrrole nitrogens is 1. The molecule has 2 heterocycles. The summed E-state index contributed by atoms with van der Waals surface area (Å²) < 4.78 is 22.8. The molecular weight excluding hydrogens is 546 g/mol. The summed E-state index contributed by atoms with van der Waals surface area (Å²) in [6, 6.07) is 17.9. The Balaban J connectivity index is 1.36. The SMILES string of the molecule is CC(CC(=O)O)N(N1CCN(c2ccc(C#Cc3c[nH]c(=O)c(C(=O)NCc4ccccc4)c3)cc2)CC1)S(=O)O. The Morgan fingerprint density at radius 3 is 2.34 bits per heavy atom. The Morgan fingerprint density at radius 2 is 1.71 bits per heavy atom. The molecule has 1 aliphatic rings. The molecule has 0 bridgehead atoms. The van der Waals surface area contributed by atoms with Gasteiger partial charge in [-0.25, -0.2) is 9.22 Å². The molecule has 11 nitrogen and oxygen atoms in total. The van der Waals surface area contributed by atoms with Crippen LogP contribution in [0.5, 0.6) is 0 Å². The Hall–Kier alpha value is -4.28. The third-order valence-corrected chi connectivity index (χ3v) is 7.48. The van der Waals surface area contributed by atoms with Gasteiger partial charge >= 0.3 is 5.97 Å². The van der Waals surface area contributed by atoms with E-state index in [1.165, 1.54) is 16.7 Å². The summed E-state index contributed by atoms with van der Waals surface area (Å²) in [6.45, 7) is 4.02. The number of carbonyl (C=O) groups excluding carboxylic acids is 1. The van der Waals surface area contributed by atoms with E-state index in [0.29, 0.717) is 38.3 Å². The average molecular weight is 578 g/mol. The number of nitrogens with one attached hydrogen (secondary N) is 2. The third-order valence-electron chi connectivity index (χ3n) is 6.57. The minimum absolute atomic E-state index is 0.0110. The van der Waals surface area contributed by atoms with Crippen LogP contribution in [0.4, 0.5) is 5.69 Å². The van der Waals surface area contributed by atoms with Crippen LogP contribution in [0, 0.1) is 11.8 Å². The van der Waals surface area contributed by atoms with Gasteiger partial charge in [0.25, 0.3) is 11.5 Å². The van der Waals surface area contributed by atoms with Crippen molar-refractivity contribution in [1.29, 1.82) is 0 Å². The molecule has 2 aromatic carbocycles. The van der Waals surface area contributed by atoms with Crippen LogP contribution in [-0.2, 0) is 22.6 Å². The Bertz CT molecular complexity index is 1510. The van der Waals surface area contributed by atoms with Crippen molar-refractivity contribution >= 4 is 28.8 Å². The predicted octanol–water partition coefficient (Wildman–Crippen LogP) is 2.04. The number of aliphatic carboxylic acids is 1. The molecule has 0 aliphatic carbocycles. The molecule has 214 valence electrons. The predicted molar refractivity (Wildman–Crippen MR) is 155 cm³/mol. The van der Waals surface area contributed by atoms with E-state index in [1.807, 2.05) is 54.6 Å². The lowest BCUT2D eigenvalue weighted by Gasteiger charge is -2.41. The van der Waals surface area contributed by atoms with Gasteiger partial charge in [0.1, 0.15) is 5.56 Å². The highest BCUT2D eigenvalue weighted by Crippen LogP contribution is 2.20. The topological polar surface area (TPSA) is 146 Å². The van der Waals surface area contributed by atoms with Gasteiger partial charge in [0, 0.05) is 61.8 Å². The molecule has 2 atom stereocenters. The van der Waals surface area contributed by atoms with Crippen molar-refractivity contribution in [2.75, 3.05) is 31.1 Å². The molecule has 2 unspecified atom stereocenters. The molecule has 1 saturated heterocycles. The van der Waals surface area contributed by atoms with Crippen molar-refractivity contribution < 1.29 is 23.5 Å². The van der Waals surface area contributed by atoms with Crippen LogP contribution in [-0.4, -0.2) is 72.4 Å². The van der Waals surface area contributed by atoms with Gasteiger partial charge in [-0.3, -0.25) is 18.9 Å². The molecule has 1 aromatic heterocycles. The minimum atomic E-state index is -2.32. The van der Waals surface area contributed by atoms with E-state index in [-0.39, 0.29) is 12.0 Å². The lowest BCUT2D eigenvalue weighted by Crippen LogP contribution is -2.57. The largest absolute Gasteiger partial charge is 0.481 e. The van der Waals surface area contributed by atoms with E-state index in [1.54, 1.807) is 11.9 Å². The van der Waals surface area contributed by atoms with Crippen molar-refractivity contribution in [1.82, 2.24) is 19.7 Å². The summed E-state index contributed by atoms with van der Waals surface area (Å²) in [5.41, 5.74) is 2.63. The summed E-state index contributed by atoms with van der Waals surface area (Å²) in [5.74, 6) is 4.53. The molecule has 0 spiro atoms. The van der Waals surface area contributed by atoms with Crippen LogP contribution in [0.1, 0.15) is 40.4 Å². The minimum Gasteiger partial charge on any atom is -0.481 e. The first-order chi connectivity index (χ1) is 19.7. The molecular formula is C29H31N5O6S. The first kappa shape index (κ1) is 29.7. The second-order valence-electron chi connectivity index (χ2n) is 9.52. The molecule has 0 saturated carbocycles. The molecule has 1 fully saturated rings. The highest BCUT2D eigenvalue weighted by Gasteiger charge is 2.30. The normalized spacial score (nSPS) is 15.0. The van der Waals surface area contributed by atoms with Crippen LogP contribution >= 0.6 is 0 Å². The second-order valence-corrected chi connectivity index (χ2v) is 10.4. The molecule has 4 rings (SSSR count). The summed E-state index contributed by atoms with van der Waals surface area (Å²) in [5, 5.41) is 13.5. The standard InChI is InChI=1S/C29H31N5O6S/c1-21(17-27(35)36)34(41(39)40)33-15-13-32(14-16-33)25-11-9-22(10-12-25)7-8-24-18-26(29(38)31-20-24)28(37)30-19-23-5-3-2-4-6-23/h2-6,9-12,18,20-21H,13-17,19H2,1H3,(H,30,37)(H,31,38)(H,35,36)(H,39,40). The second kappa shape index (κ2) is 13.9. The van der Waals surface area contributed by atoms with Crippen molar-refractivity contribution in [3.8, 4) is 11.8 Å². The van der Waals surface area contributed by atoms with Gasteiger partial charge in [0.05, 0.1) is 6.42 Å². The lowest BCUT2D eigenvalue weighted by molar-refractivity contribution is -0.139. The fraction of sp³-hybridized carbons (Fsp3) is 0.276. The van der Waals surface area contributed by atoms with E-state index in [0.717, 1.165) is 16.8 Å². The first-order valence-electron chi connectivity index (χ1n) is 13.0. The van der Waals surface area contributed by atoms with E-state index in [4.69, 9.17) is 5.11 Å². The number of hydrogen-bond acceptors (Lipinski definition) is 6. The van der Waals surface area contributed by atoms with E-state index in [2.05, 4.69) is 27.0 Å². The van der Waals surface area contributed by atoms with Gasteiger partial charge < -0.3 is 20.3 Å². The number of carboxylic acids is 1. The number of piperazine rings is 1. The van der Waals surface area contributed by atoms with Crippen molar-refractivity contribution in [2.45, 2.75) is 25.9 Å². The van der Waals surface area contributed by atoms with Crippen LogP contribution < -0.4 is 15.8 Å². The fourth-order valence-electron chi connectivity index (χ4n) is 4.51. The zero-order valence-corrected chi connectivity index (χ0v) is 23.3. The highest BCUT2D eigenvalue weighted by atomic mass is 32.2. The van der Waals surface area contributed by atoms with E-state index < -0.39 is 34.7 Å². The number of nitrogens with zero attached hydrogens (tertiary/aromatic N) is 3. The van der Waals surface area contributed by atoms with Crippen LogP contribution in [0.25, 0.3) is 0 Å². The van der Waals surface area contributed by atoms with E-state index in [9.17, 15) is 23.1 Å². The van der Waals surface area contributed by atoms with Gasteiger partial charge in [-0.2, -0.15) is 0 Å². The Morgan fingerprint density at radius 1 is 1.05 bits per heavy atom. The van der Waals surface area contributed by atoms with Gasteiger partial charge in [-0.15, -0.1) is 4.41 Å². The molecule has 12 heteroatoms. The number of aromatic amines is 1. The summed E-state index contributed by atoms with van der Waals surface area (Å²) in [6.07, 6.45) is 1.23. The fourth-order valence-corrected chi connectivity index (χ4v) is 5.25. The van der Waals surface area contributed by atoms with Crippen molar-refractivity contribution in [3.63, 3.8) is 0 Å². The maximum Gasteiger partial charge on any atom is 0.305 e. The number of amides is 1. The van der Waals surface area contributed by atoms with Crippen LogP contribution in [0.3, 0.4) is 0 Å². The molecule has 0 radical (unpaired) electrons. The number of anilines is 1. The molecule has 4 N–H and O–H groups in total. The number of carbonyl (C=O) groups is 2. The van der Waals surface area contributed by atoms with Gasteiger partial charge in [-0.05, 0) is 42.8 Å². The number of rotatable bonds is 9. The number of pyridine rings is 1. The number of carboxylic acid groups (broad SMARTS) is 1. The van der Waals surface area contributed by atoms with Gasteiger partial charge in [0.2, 0.25) is 11.3 Å². The lowest BCUT2D eigenvalue weighted by atomic mass is 10.1. The Kier molecular flexibility index (Phi) is 10.0. The number of hydrazine groups is 1. The maximum atomic E-state index is 12.6. The summed E-state index contributed by atoms with van der Waals surface area (Å²) in [4.78, 5) is 40.6. The van der Waals surface area contributed by atoms with Gasteiger partial charge in [-0.1, -0.05) is 42.2 Å². The summed E-state index contributed by atoms with van der Waals surface area (Å²) >= 11 is -2.32. The summed E-state index contributed by atoms with van der Waals surface area (Å²) in [7, 11) is 0. The molecule has 3 aromatic rings. The van der Waals surface area contributed by atoms with E-state index >= 15 is 0 Å². The maximum absolute atomic E-state index is 12.6. The molecule has 1 aliphatic heterocycles. The van der Waals surface area contributed by atoms with Crippen LogP contribution in [0.2, 0.25) is 0 Å². The van der Waals surface area contributed by atoms with Gasteiger partial charge in [0.15, 0.2) is 0 Å². The van der Waals surface area contributed by atoms with Crippen molar-refractivity contribution in [3.05, 3.63) is 99.5 Å². The molecule has 41 heavy (non-hydrogen) atoms. The van der Waals surface area contributed by atoms with Crippen LogP contribution in [0.15, 0.2) is 71.7 Å². The quantitative estimate of drug-likeness (QED) is 0.223. The Labute approximate surface area is 240 Å². The zero-order chi connectivity index (χ0) is 29.4. The number of hydrogen-bond donors (Lipinski definition) is 4. The molecule has 1 amide bonds. The highest BCUT2D eigenvalue weighted by molar-refractivity contribution is 7.76.